The summed E-state index contributed by atoms with van der Waals surface area (Å²) < 4.78 is 32.3. The molecular weight excluding hydrogens is 418 g/mol. The molecule has 0 saturated carbocycles. The van der Waals surface area contributed by atoms with Gasteiger partial charge in [0.05, 0.1) is 4.90 Å². The minimum absolute atomic E-state index is 0.150. The van der Waals surface area contributed by atoms with E-state index in [1.807, 2.05) is 32.0 Å². The van der Waals surface area contributed by atoms with Crippen molar-refractivity contribution >= 4 is 21.8 Å². The number of carbonyl (C=O) groups excluding carboxylic acids is 2. The number of ether oxygens (including phenoxy) is 1. The molecule has 0 unspecified atom stereocenters. The summed E-state index contributed by atoms with van der Waals surface area (Å²) >= 11 is 0. The molecule has 2 aromatic carbocycles. The molecule has 166 valence electrons. The van der Waals surface area contributed by atoms with Gasteiger partial charge in [-0.2, -0.15) is 4.31 Å². The van der Waals surface area contributed by atoms with Gasteiger partial charge in [-0.1, -0.05) is 18.6 Å². The zero-order valence-corrected chi connectivity index (χ0v) is 18.5. The summed E-state index contributed by atoms with van der Waals surface area (Å²) in [6, 6.07) is 11.3. The zero-order valence-electron chi connectivity index (χ0n) is 17.7. The molecule has 0 spiro atoms. The number of nitrogens with zero attached hydrogens (tertiary/aromatic N) is 1. The number of sulfonamides is 1. The van der Waals surface area contributed by atoms with Crippen LogP contribution in [0, 0.1) is 13.8 Å². The highest BCUT2D eigenvalue weighted by Crippen LogP contribution is 2.21. The van der Waals surface area contributed by atoms with Crippen LogP contribution in [0.25, 0.3) is 0 Å². The van der Waals surface area contributed by atoms with Crippen molar-refractivity contribution in [3.05, 3.63) is 59.2 Å². The highest BCUT2D eigenvalue weighted by molar-refractivity contribution is 7.89. The lowest BCUT2D eigenvalue weighted by molar-refractivity contribution is -0.123. The van der Waals surface area contributed by atoms with Crippen LogP contribution in [0.5, 0.6) is 5.75 Å². The van der Waals surface area contributed by atoms with Gasteiger partial charge in [0.1, 0.15) is 5.75 Å². The van der Waals surface area contributed by atoms with Crippen LogP contribution in [0.1, 0.15) is 40.7 Å². The maximum Gasteiger partial charge on any atom is 0.276 e. The van der Waals surface area contributed by atoms with Crippen molar-refractivity contribution < 1.29 is 22.7 Å². The average Bonchev–Trinajstić information content (AvgIpc) is 2.78. The number of piperidine rings is 1. The van der Waals surface area contributed by atoms with E-state index in [0.29, 0.717) is 18.8 Å². The Balaban J connectivity index is 1.52. The fourth-order valence-corrected chi connectivity index (χ4v) is 4.79. The number of carbonyl (C=O) groups is 2. The molecule has 0 aromatic heterocycles. The van der Waals surface area contributed by atoms with Crippen LogP contribution in [0.4, 0.5) is 0 Å². The van der Waals surface area contributed by atoms with Gasteiger partial charge in [-0.3, -0.25) is 20.4 Å². The van der Waals surface area contributed by atoms with Crippen LogP contribution in [-0.4, -0.2) is 44.2 Å². The summed E-state index contributed by atoms with van der Waals surface area (Å²) in [5.41, 5.74) is 6.74. The number of hydrogen-bond donors (Lipinski definition) is 2. The molecular formula is C22H27N3O5S. The number of rotatable bonds is 6. The lowest BCUT2D eigenvalue weighted by atomic mass is 10.1. The van der Waals surface area contributed by atoms with Gasteiger partial charge in [0.2, 0.25) is 10.0 Å². The maximum absolute atomic E-state index is 12.7. The van der Waals surface area contributed by atoms with Gasteiger partial charge in [-0.15, -0.1) is 0 Å². The largest absolute Gasteiger partial charge is 0.483 e. The smallest absolute Gasteiger partial charge is 0.276 e. The van der Waals surface area contributed by atoms with Crippen molar-refractivity contribution in [2.24, 2.45) is 0 Å². The summed E-state index contributed by atoms with van der Waals surface area (Å²) in [7, 11) is -3.56. The van der Waals surface area contributed by atoms with Gasteiger partial charge in [-0.05, 0) is 68.1 Å². The second kappa shape index (κ2) is 9.93. The molecule has 9 heteroatoms. The minimum Gasteiger partial charge on any atom is -0.483 e. The van der Waals surface area contributed by atoms with E-state index in [1.165, 1.54) is 28.6 Å². The van der Waals surface area contributed by atoms with Gasteiger partial charge in [-0.25, -0.2) is 8.42 Å². The first-order valence-corrected chi connectivity index (χ1v) is 11.6. The van der Waals surface area contributed by atoms with Crippen molar-refractivity contribution in [1.82, 2.24) is 15.2 Å². The fourth-order valence-electron chi connectivity index (χ4n) is 3.27. The number of nitrogens with one attached hydrogen (secondary N) is 2. The van der Waals surface area contributed by atoms with E-state index in [4.69, 9.17) is 4.74 Å². The number of hydrogen-bond acceptors (Lipinski definition) is 5. The summed E-state index contributed by atoms with van der Waals surface area (Å²) in [5, 5.41) is 0. The van der Waals surface area contributed by atoms with E-state index < -0.39 is 21.8 Å². The monoisotopic (exact) mass is 445 g/mol. The Bertz CT molecular complexity index is 1050. The highest BCUT2D eigenvalue weighted by atomic mass is 32.2. The first-order chi connectivity index (χ1) is 14.8. The van der Waals surface area contributed by atoms with Gasteiger partial charge in [0, 0.05) is 18.7 Å². The third-order valence-corrected chi connectivity index (χ3v) is 7.00. The van der Waals surface area contributed by atoms with Crippen LogP contribution in [0.3, 0.4) is 0 Å². The maximum atomic E-state index is 12.7. The molecule has 0 atom stereocenters. The standard InChI is InChI=1S/C22H27N3O5S/c1-16-6-7-17(2)20(14-16)30-15-21(26)23-24-22(27)18-8-10-19(11-9-18)31(28,29)25-12-4-3-5-13-25/h6-11,14H,3-5,12-13,15H2,1-2H3,(H,23,26)(H,24,27). The summed E-state index contributed by atoms with van der Waals surface area (Å²) in [6.45, 7) is 4.58. The van der Waals surface area contributed by atoms with Crippen LogP contribution in [0.15, 0.2) is 47.4 Å². The van der Waals surface area contributed by atoms with E-state index in [1.54, 1.807) is 0 Å². The summed E-state index contributed by atoms with van der Waals surface area (Å²) in [4.78, 5) is 24.4. The number of benzene rings is 2. The Labute approximate surface area is 182 Å². The Hall–Kier alpha value is -2.91. The predicted octanol–water partition coefficient (Wildman–Crippen LogP) is 2.32. The Kier molecular flexibility index (Phi) is 7.29. The Morgan fingerprint density at radius 2 is 1.65 bits per heavy atom. The fraction of sp³-hybridized carbons (Fsp3) is 0.364. The minimum atomic E-state index is -3.56. The van der Waals surface area contributed by atoms with Crippen LogP contribution < -0.4 is 15.6 Å². The van der Waals surface area contributed by atoms with E-state index in [-0.39, 0.29) is 17.1 Å². The number of aryl methyl sites for hydroxylation is 2. The SMILES string of the molecule is Cc1ccc(C)c(OCC(=O)NNC(=O)c2ccc(S(=O)(=O)N3CCCCC3)cc2)c1. The lowest BCUT2D eigenvalue weighted by Gasteiger charge is -2.25. The molecule has 1 aliphatic rings. The molecule has 0 bridgehead atoms. The molecule has 8 nitrogen and oxygen atoms in total. The van der Waals surface area contributed by atoms with Crippen molar-refractivity contribution in [2.75, 3.05) is 19.7 Å². The van der Waals surface area contributed by atoms with Crippen LogP contribution in [-0.2, 0) is 14.8 Å². The van der Waals surface area contributed by atoms with Crippen molar-refractivity contribution in [1.29, 1.82) is 0 Å². The van der Waals surface area contributed by atoms with E-state index in [2.05, 4.69) is 10.9 Å². The molecule has 2 amide bonds. The van der Waals surface area contributed by atoms with Gasteiger partial charge < -0.3 is 4.74 Å². The van der Waals surface area contributed by atoms with Crippen LogP contribution >= 0.6 is 0 Å². The van der Waals surface area contributed by atoms with E-state index in [9.17, 15) is 18.0 Å². The molecule has 1 heterocycles. The Morgan fingerprint density at radius 3 is 2.32 bits per heavy atom. The number of amides is 2. The first kappa shape index (κ1) is 22.8. The topological polar surface area (TPSA) is 105 Å². The third-order valence-electron chi connectivity index (χ3n) is 5.09. The molecule has 0 radical (unpaired) electrons. The first-order valence-electron chi connectivity index (χ1n) is 10.2. The second-order valence-electron chi connectivity index (χ2n) is 7.55. The van der Waals surface area contributed by atoms with Gasteiger partial charge >= 0.3 is 0 Å². The van der Waals surface area contributed by atoms with Crippen molar-refractivity contribution in [2.45, 2.75) is 38.0 Å². The summed E-state index contributed by atoms with van der Waals surface area (Å²) in [6.07, 6.45) is 2.74. The zero-order chi connectivity index (χ0) is 22.4. The van der Waals surface area contributed by atoms with E-state index in [0.717, 1.165) is 30.4 Å². The molecule has 0 aliphatic carbocycles. The molecule has 2 aromatic rings. The van der Waals surface area contributed by atoms with E-state index >= 15 is 0 Å². The quantitative estimate of drug-likeness (QED) is 0.664. The molecule has 1 aliphatic heterocycles. The highest BCUT2D eigenvalue weighted by Gasteiger charge is 2.25. The average molecular weight is 446 g/mol. The lowest BCUT2D eigenvalue weighted by Crippen LogP contribution is -2.43. The van der Waals surface area contributed by atoms with Gasteiger partial charge in [0.15, 0.2) is 6.61 Å². The molecule has 1 saturated heterocycles. The molecule has 31 heavy (non-hydrogen) atoms. The normalized spacial score (nSPS) is 14.6. The van der Waals surface area contributed by atoms with Crippen LogP contribution in [0.2, 0.25) is 0 Å². The molecule has 2 N–H and O–H groups in total. The second-order valence-corrected chi connectivity index (χ2v) is 9.49. The predicted molar refractivity (Wildman–Crippen MR) is 116 cm³/mol. The number of hydrazine groups is 1. The van der Waals surface area contributed by atoms with Crippen molar-refractivity contribution in [3.63, 3.8) is 0 Å². The van der Waals surface area contributed by atoms with Gasteiger partial charge in [0.25, 0.3) is 11.8 Å². The molecule has 1 fully saturated rings. The van der Waals surface area contributed by atoms with Crippen molar-refractivity contribution in [3.8, 4) is 5.75 Å². The Morgan fingerprint density at radius 1 is 0.968 bits per heavy atom. The summed E-state index contributed by atoms with van der Waals surface area (Å²) in [5.74, 6) is -0.465. The third kappa shape index (κ3) is 5.83. The molecule has 3 rings (SSSR count).